The van der Waals surface area contributed by atoms with Gasteiger partial charge in [-0.05, 0) is 24.3 Å². The number of hydrogen-bond donors (Lipinski definition) is 1. The number of anilines is 1. The number of nitrogens with one attached hydrogen (secondary N) is 1. The summed E-state index contributed by atoms with van der Waals surface area (Å²) >= 11 is 4.68. The maximum Gasteiger partial charge on any atom is 0.243 e. The summed E-state index contributed by atoms with van der Waals surface area (Å²) in [4.78, 5) is 12.3. The second-order valence-electron chi connectivity index (χ2n) is 6.02. The minimum absolute atomic E-state index is 0.126. The Hall–Kier alpha value is -2.37. The first-order valence-corrected chi connectivity index (χ1v) is 10.5. The lowest BCUT2D eigenvalue weighted by atomic mass is 10.3. The molecule has 0 unspecified atom stereocenters. The lowest BCUT2D eigenvalue weighted by molar-refractivity contribution is -0.113. The predicted octanol–water partition coefficient (Wildman–Crippen LogP) is 2.83. The Labute approximate surface area is 180 Å². The van der Waals surface area contributed by atoms with Crippen molar-refractivity contribution in [3.63, 3.8) is 0 Å². The lowest BCUT2D eigenvalue weighted by Crippen LogP contribution is -2.15. The Morgan fingerprint density at radius 3 is 2.69 bits per heavy atom. The van der Waals surface area contributed by atoms with Gasteiger partial charge < -0.3 is 14.8 Å². The fraction of sp³-hybridized carbons (Fsp3) is 0.333. The van der Waals surface area contributed by atoms with E-state index in [4.69, 9.17) is 9.47 Å². The van der Waals surface area contributed by atoms with Crippen LogP contribution in [0.2, 0.25) is 0 Å². The molecule has 0 saturated carbocycles. The van der Waals surface area contributed by atoms with E-state index in [1.165, 1.54) is 11.8 Å². The van der Waals surface area contributed by atoms with Crippen molar-refractivity contribution in [1.29, 1.82) is 0 Å². The molecule has 9 nitrogen and oxygen atoms in total. The molecule has 3 aromatic rings. The fourth-order valence-electron chi connectivity index (χ4n) is 2.61. The number of methoxy groups -OCH3 is 2. The molecule has 0 radical (unpaired) electrons. The molecule has 29 heavy (non-hydrogen) atoms. The molecule has 1 amide bonds. The van der Waals surface area contributed by atoms with Crippen molar-refractivity contribution < 1.29 is 14.3 Å². The first kappa shape index (κ1) is 21.3. The van der Waals surface area contributed by atoms with E-state index in [1.54, 1.807) is 18.9 Å². The standard InChI is InChI=1S/C18H21BrN6O3S/c1-24-10-14(17(23-24)28-3)16-21-22-18(25(16)8-9-27-2)29-11-15(26)20-13-6-4-12(19)5-7-13/h4-7,10H,8-9,11H2,1-3H3,(H,20,26). The van der Waals surface area contributed by atoms with Gasteiger partial charge in [0.05, 0.1) is 26.0 Å². The van der Waals surface area contributed by atoms with Crippen LogP contribution in [-0.4, -0.2) is 57.0 Å². The van der Waals surface area contributed by atoms with E-state index < -0.39 is 0 Å². The molecule has 2 aromatic heterocycles. The molecule has 0 aliphatic rings. The van der Waals surface area contributed by atoms with Crippen molar-refractivity contribution in [3.8, 4) is 17.3 Å². The summed E-state index contributed by atoms with van der Waals surface area (Å²) in [6, 6.07) is 7.41. The number of rotatable bonds is 9. The second-order valence-corrected chi connectivity index (χ2v) is 7.88. The molecule has 1 N–H and O–H groups in total. The smallest absolute Gasteiger partial charge is 0.243 e. The maximum atomic E-state index is 12.3. The van der Waals surface area contributed by atoms with Crippen LogP contribution in [-0.2, 0) is 23.1 Å². The number of thioether (sulfide) groups is 1. The van der Waals surface area contributed by atoms with Crippen LogP contribution in [0.25, 0.3) is 11.4 Å². The zero-order valence-corrected chi connectivity index (χ0v) is 18.7. The second kappa shape index (κ2) is 9.90. The van der Waals surface area contributed by atoms with Gasteiger partial charge in [0, 0.05) is 30.5 Å². The molecule has 0 saturated heterocycles. The molecule has 0 bridgehead atoms. The summed E-state index contributed by atoms with van der Waals surface area (Å²) in [5.74, 6) is 1.15. The van der Waals surface area contributed by atoms with Crippen LogP contribution >= 0.6 is 27.7 Å². The van der Waals surface area contributed by atoms with Gasteiger partial charge in [-0.2, -0.15) is 0 Å². The number of ether oxygens (including phenoxy) is 2. The number of amides is 1. The molecule has 0 fully saturated rings. The van der Waals surface area contributed by atoms with Crippen LogP contribution in [0.1, 0.15) is 0 Å². The Morgan fingerprint density at radius 1 is 1.24 bits per heavy atom. The first-order chi connectivity index (χ1) is 14.0. The van der Waals surface area contributed by atoms with Gasteiger partial charge >= 0.3 is 0 Å². The van der Waals surface area contributed by atoms with Crippen LogP contribution < -0.4 is 10.1 Å². The van der Waals surface area contributed by atoms with Gasteiger partial charge in [-0.25, -0.2) is 0 Å². The van der Waals surface area contributed by atoms with Crippen molar-refractivity contribution in [3.05, 3.63) is 34.9 Å². The van der Waals surface area contributed by atoms with Crippen LogP contribution in [0.15, 0.2) is 40.1 Å². The van der Waals surface area contributed by atoms with Crippen LogP contribution in [0.5, 0.6) is 5.88 Å². The molecule has 0 aliphatic heterocycles. The first-order valence-electron chi connectivity index (χ1n) is 8.70. The highest BCUT2D eigenvalue weighted by Gasteiger charge is 2.20. The van der Waals surface area contributed by atoms with Gasteiger partial charge in [-0.3, -0.25) is 14.0 Å². The van der Waals surface area contributed by atoms with Crippen molar-refractivity contribution in [2.45, 2.75) is 11.7 Å². The Kier molecular flexibility index (Phi) is 7.29. The number of benzene rings is 1. The Bertz CT molecular complexity index is 973. The van der Waals surface area contributed by atoms with E-state index in [0.29, 0.717) is 30.0 Å². The molecule has 0 aliphatic carbocycles. The third-order valence-electron chi connectivity index (χ3n) is 3.93. The molecule has 2 heterocycles. The number of carbonyl (C=O) groups is 1. The topological polar surface area (TPSA) is 96.1 Å². The summed E-state index contributed by atoms with van der Waals surface area (Å²) in [7, 11) is 5.00. The Morgan fingerprint density at radius 2 is 2.00 bits per heavy atom. The molecule has 154 valence electrons. The number of carbonyl (C=O) groups excluding carboxylic acids is 1. The van der Waals surface area contributed by atoms with E-state index in [2.05, 4.69) is 36.5 Å². The van der Waals surface area contributed by atoms with E-state index in [1.807, 2.05) is 42.1 Å². The number of hydrogen-bond acceptors (Lipinski definition) is 7. The number of halogens is 1. The maximum absolute atomic E-state index is 12.3. The molecular weight excluding hydrogens is 460 g/mol. The zero-order chi connectivity index (χ0) is 20.8. The zero-order valence-electron chi connectivity index (χ0n) is 16.3. The van der Waals surface area contributed by atoms with Crippen LogP contribution in [0.3, 0.4) is 0 Å². The average Bonchev–Trinajstić information content (AvgIpc) is 3.28. The summed E-state index contributed by atoms with van der Waals surface area (Å²) in [5, 5.41) is 16.3. The number of aromatic nitrogens is 5. The summed E-state index contributed by atoms with van der Waals surface area (Å²) in [5.41, 5.74) is 1.46. The van der Waals surface area contributed by atoms with E-state index in [-0.39, 0.29) is 11.7 Å². The summed E-state index contributed by atoms with van der Waals surface area (Å²) in [6.07, 6.45) is 1.82. The van der Waals surface area contributed by atoms with Crippen molar-refractivity contribution in [2.24, 2.45) is 7.05 Å². The predicted molar refractivity (Wildman–Crippen MR) is 114 cm³/mol. The monoisotopic (exact) mass is 480 g/mol. The molecule has 0 atom stereocenters. The van der Waals surface area contributed by atoms with E-state index in [9.17, 15) is 4.79 Å². The molecule has 0 spiro atoms. The van der Waals surface area contributed by atoms with Crippen molar-refractivity contribution in [2.75, 3.05) is 31.9 Å². The van der Waals surface area contributed by atoms with Crippen LogP contribution in [0.4, 0.5) is 5.69 Å². The van der Waals surface area contributed by atoms with Gasteiger partial charge in [0.15, 0.2) is 11.0 Å². The van der Waals surface area contributed by atoms with Gasteiger partial charge in [0.1, 0.15) is 5.56 Å². The highest BCUT2D eigenvalue weighted by molar-refractivity contribution is 9.10. The summed E-state index contributed by atoms with van der Waals surface area (Å²) in [6.45, 7) is 1.01. The largest absolute Gasteiger partial charge is 0.479 e. The highest BCUT2D eigenvalue weighted by atomic mass is 79.9. The Balaban J connectivity index is 1.75. The summed E-state index contributed by atoms with van der Waals surface area (Å²) < 4.78 is 15.1. The third kappa shape index (κ3) is 5.37. The quantitative estimate of drug-likeness (QED) is 0.470. The van der Waals surface area contributed by atoms with Crippen LogP contribution in [0, 0.1) is 0 Å². The lowest BCUT2D eigenvalue weighted by Gasteiger charge is -2.09. The minimum atomic E-state index is -0.126. The van der Waals surface area contributed by atoms with Gasteiger partial charge in [0.2, 0.25) is 11.8 Å². The van der Waals surface area contributed by atoms with E-state index in [0.717, 1.165) is 15.7 Å². The molecule has 3 rings (SSSR count). The molecule has 11 heteroatoms. The average molecular weight is 481 g/mol. The normalized spacial score (nSPS) is 10.9. The van der Waals surface area contributed by atoms with Gasteiger partial charge in [0.25, 0.3) is 0 Å². The molecular formula is C18H21BrN6O3S. The number of aryl methyl sites for hydroxylation is 1. The fourth-order valence-corrected chi connectivity index (χ4v) is 3.64. The van der Waals surface area contributed by atoms with Gasteiger partial charge in [-0.15, -0.1) is 15.3 Å². The third-order valence-corrected chi connectivity index (χ3v) is 5.42. The van der Waals surface area contributed by atoms with Gasteiger partial charge in [-0.1, -0.05) is 27.7 Å². The number of nitrogens with zero attached hydrogens (tertiary/aromatic N) is 5. The minimum Gasteiger partial charge on any atom is -0.479 e. The highest BCUT2D eigenvalue weighted by Crippen LogP contribution is 2.30. The molecule has 1 aromatic carbocycles. The SMILES string of the molecule is COCCn1c(SCC(=O)Nc2ccc(Br)cc2)nnc1-c1cn(C)nc1OC. The van der Waals surface area contributed by atoms with E-state index >= 15 is 0 Å². The van der Waals surface area contributed by atoms with Crippen molar-refractivity contribution >= 4 is 39.3 Å². The van der Waals surface area contributed by atoms with Crippen molar-refractivity contribution in [1.82, 2.24) is 24.5 Å².